The minimum absolute atomic E-state index is 0.0605. The Labute approximate surface area is 175 Å². The van der Waals surface area contributed by atoms with Gasteiger partial charge in [0.05, 0.1) is 18.7 Å². The van der Waals surface area contributed by atoms with Gasteiger partial charge < -0.3 is 15.2 Å². The molecule has 2 N–H and O–H groups in total. The minimum atomic E-state index is -0.932. The Morgan fingerprint density at radius 2 is 1.70 bits per heavy atom. The Hall–Kier alpha value is -3.61. The van der Waals surface area contributed by atoms with Crippen molar-refractivity contribution in [2.75, 3.05) is 13.7 Å². The maximum Gasteiger partial charge on any atom is 0.337 e. The molecule has 3 rings (SSSR count). The van der Waals surface area contributed by atoms with Crippen LogP contribution in [0.15, 0.2) is 65.9 Å². The third kappa shape index (κ3) is 4.51. The van der Waals surface area contributed by atoms with Crippen molar-refractivity contribution in [2.24, 2.45) is 0 Å². The van der Waals surface area contributed by atoms with Gasteiger partial charge in [0.1, 0.15) is 0 Å². The van der Waals surface area contributed by atoms with Crippen LogP contribution in [-0.4, -0.2) is 41.6 Å². The average molecular weight is 408 g/mol. The van der Waals surface area contributed by atoms with E-state index in [-0.39, 0.29) is 25.4 Å². The van der Waals surface area contributed by atoms with Gasteiger partial charge in [-0.2, -0.15) is 0 Å². The molecule has 0 saturated heterocycles. The van der Waals surface area contributed by atoms with Gasteiger partial charge in [0.2, 0.25) is 0 Å². The third-order valence-electron chi connectivity index (χ3n) is 5.13. The number of nitrogens with zero attached hydrogens (tertiary/aromatic N) is 1. The number of hydrogen-bond donors (Lipinski definition) is 2. The van der Waals surface area contributed by atoms with Crippen LogP contribution < -0.4 is 5.32 Å². The van der Waals surface area contributed by atoms with E-state index >= 15 is 0 Å². The highest BCUT2D eigenvalue weighted by atomic mass is 16.5. The standard InChI is InChI=1S/C23H24N2O5/c1-15-20(22(28)30-2)21(24-23(29)25(15)14-6-9-19(26)27)18-12-10-17(11-13-18)16-7-4-3-5-8-16/h3-5,7-8,10-13,21H,6,9,14H2,1-2H3,(H,24,29)(H,26,27)/t21-/m0/s1. The Kier molecular flexibility index (Phi) is 6.51. The molecule has 0 radical (unpaired) electrons. The number of carbonyl (C=O) groups is 3. The second kappa shape index (κ2) is 9.26. The molecule has 1 aliphatic heterocycles. The van der Waals surface area contributed by atoms with E-state index in [4.69, 9.17) is 9.84 Å². The molecule has 156 valence electrons. The van der Waals surface area contributed by atoms with Crippen LogP contribution in [0, 0.1) is 0 Å². The summed E-state index contributed by atoms with van der Waals surface area (Å²) in [7, 11) is 1.30. The Morgan fingerprint density at radius 3 is 2.30 bits per heavy atom. The van der Waals surface area contributed by atoms with Crippen molar-refractivity contribution in [3.8, 4) is 11.1 Å². The van der Waals surface area contributed by atoms with E-state index in [2.05, 4.69) is 5.32 Å². The van der Waals surface area contributed by atoms with Crippen LogP contribution in [0.4, 0.5) is 4.79 Å². The number of esters is 1. The predicted molar refractivity (Wildman–Crippen MR) is 111 cm³/mol. The predicted octanol–water partition coefficient (Wildman–Crippen LogP) is 3.73. The molecule has 7 nitrogen and oxygen atoms in total. The van der Waals surface area contributed by atoms with Crippen LogP contribution >= 0.6 is 0 Å². The zero-order chi connectivity index (χ0) is 21.7. The van der Waals surface area contributed by atoms with E-state index in [1.165, 1.54) is 12.0 Å². The number of ether oxygens (including phenoxy) is 1. The molecule has 1 aliphatic rings. The quantitative estimate of drug-likeness (QED) is 0.681. The fraction of sp³-hybridized carbons (Fsp3) is 0.261. The summed E-state index contributed by atoms with van der Waals surface area (Å²) in [4.78, 5) is 37.4. The van der Waals surface area contributed by atoms with Gasteiger partial charge in [-0.05, 0) is 30.0 Å². The number of benzene rings is 2. The lowest BCUT2D eigenvalue weighted by molar-refractivity contribution is -0.138. The Bertz CT molecular complexity index is 967. The van der Waals surface area contributed by atoms with Gasteiger partial charge in [0.15, 0.2) is 0 Å². The summed E-state index contributed by atoms with van der Waals surface area (Å²) in [6.45, 7) is 1.88. The lowest BCUT2D eigenvalue weighted by Gasteiger charge is -2.35. The molecule has 1 heterocycles. The van der Waals surface area contributed by atoms with E-state index in [1.807, 2.05) is 54.6 Å². The molecule has 7 heteroatoms. The number of carboxylic acid groups (broad SMARTS) is 1. The van der Waals surface area contributed by atoms with Gasteiger partial charge in [-0.25, -0.2) is 9.59 Å². The molecule has 2 amide bonds. The van der Waals surface area contributed by atoms with Crippen molar-refractivity contribution in [1.82, 2.24) is 10.2 Å². The number of allylic oxidation sites excluding steroid dienone is 1. The van der Waals surface area contributed by atoms with Gasteiger partial charge >= 0.3 is 18.0 Å². The Balaban J connectivity index is 1.91. The summed E-state index contributed by atoms with van der Waals surface area (Å²) < 4.78 is 4.96. The zero-order valence-corrected chi connectivity index (χ0v) is 16.9. The first-order valence-corrected chi connectivity index (χ1v) is 9.66. The number of carbonyl (C=O) groups excluding carboxylic acids is 2. The summed E-state index contributed by atoms with van der Waals surface area (Å²) in [5.74, 6) is -1.47. The van der Waals surface area contributed by atoms with Crippen molar-refractivity contribution in [3.05, 3.63) is 71.4 Å². The molecule has 30 heavy (non-hydrogen) atoms. The van der Waals surface area contributed by atoms with E-state index in [0.29, 0.717) is 11.3 Å². The smallest absolute Gasteiger partial charge is 0.337 e. The van der Waals surface area contributed by atoms with Crippen molar-refractivity contribution < 1.29 is 24.2 Å². The highest BCUT2D eigenvalue weighted by molar-refractivity contribution is 5.95. The van der Waals surface area contributed by atoms with E-state index in [9.17, 15) is 14.4 Å². The number of methoxy groups -OCH3 is 1. The maximum absolute atomic E-state index is 12.7. The van der Waals surface area contributed by atoms with Crippen LogP contribution in [0.1, 0.15) is 31.4 Å². The first kappa shape index (κ1) is 21.1. The molecule has 1 atom stereocenters. The van der Waals surface area contributed by atoms with E-state index < -0.39 is 18.0 Å². The summed E-state index contributed by atoms with van der Waals surface area (Å²) in [5, 5.41) is 11.7. The molecule has 2 aromatic carbocycles. The molecule has 0 fully saturated rings. The van der Waals surface area contributed by atoms with Crippen LogP contribution in [-0.2, 0) is 14.3 Å². The van der Waals surface area contributed by atoms with Crippen LogP contribution in [0.2, 0.25) is 0 Å². The van der Waals surface area contributed by atoms with Crippen molar-refractivity contribution in [3.63, 3.8) is 0 Å². The zero-order valence-electron chi connectivity index (χ0n) is 16.9. The average Bonchev–Trinajstić information content (AvgIpc) is 2.75. The van der Waals surface area contributed by atoms with Crippen molar-refractivity contribution in [2.45, 2.75) is 25.8 Å². The first-order valence-electron chi connectivity index (χ1n) is 9.66. The van der Waals surface area contributed by atoms with Crippen molar-refractivity contribution in [1.29, 1.82) is 0 Å². The topological polar surface area (TPSA) is 95.9 Å². The van der Waals surface area contributed by atoms with Crippen LogP contribution in [0.3, 0.4) is 0 Å². The second-order valence-electron chi connectivity index (χ2n) is 7.01. The molecule has 0 aromatic heterocycles. The SMILES string of the molecule is COC(=O)C1=C(C)N(CCCC(=O)O)C(=O)N[C@H]1c1ccc(-c2ccccc2)cc1. The van der Waals surface area contributed by atoms with E-state index in [1.54, 1.807) is 6.92 Å². The summed E-state index contributed by atoms with van der Waals surface area (Å²) in [6, 6.07) is 16.5. The second-order valence-corrected chi connectivity index (χ2v) is 7.01. The molecule has 0 bridgehead atoms. The van der Waals surface area contributed by atoms with Crippen LogP contribution in [0.5, 0.6) is 0 Å². The Morgan fingerprint density at radius 1 is 1.07 bits per heavy atom. The van der Waals surface area contributed by atoms with Gasteiger partial charge in [-0.3, -0.25) is 9.69 Å². The highest BCUT2D eigenvalue weighted by Gasteiger charge is 2.36. The molecule has 0 aliphatic carbocycles. The van der Waals surface area contributed by atoms with Gasteiger partial charge in [0, 0.05) is 18.7 Å². The normalized spacial score (nSPS) is 16.3. The largest absolute Gasteiger partial charge is 0.481 e. The molecule has 0 spiro atoms. The number of amides is 2. The number of aliphatic carboxylic acids is 1. The van der Waals surface area contributed by atoms with Gasteiger partial charge in [0.25, 0.3) is 0 Å². The first-order chi connectivity index (χ1) is 14.4. The fourth-order valence-corrected chi connectivity index (χ4v) is 3.56. The highest BCUT2D eigenvalue weighted by Crippen LogP contribution is 2.32. The summed E-state index contributed by atoms with van der Waals surface area (Å²) >= 11 is 0. The third-order valence-corrected chi connectivity index (χ3v) is 5.13. The number of hydrogen-bond acceptors (Lipinski definition) is 4. The lowest BCUT2D eigenvalue weighted by Crippen LogP contribution is -2.48. The number of urea groups is 1. The number of rotatable bonds is 7. The summed E-state index contributed by atoms with van der Waals surface area (Å²) in [5.41, 5.74) is 3.65. The molecular weight excluding hydrogens is 384 g/mol. The summed E-state index contributed by atoms with van der Waals surface area (Å²) in [6.07, 6.45) is 0.222. The van der Waals surface area contributed by atoms with Gasteiger partial charge in [-0.1, -0.05) is 54.6 Å². The molecule has 0 saturated carbocycles. The molecular formula is C23H24N2O5. The van der Waals surface area contributed by atoms with Gasteiger partial charge in [-0.15, -0.1) is 0 Å². The van der Waals surface area contributed by atoms with Crippen molar-refractivity contribution >= 4 is 18.0 Å². The maximum atomic E-state index is 12.7. The fourth-order valence-electron chi connectivity index (χ4n) is 3.56. The number of carboxylic acids is 1. The monoisotopic (exact) mass is 408 g/mol. The molecule has 0 unspecified atom stereocenters. The molecule has 2 aromatic rings. The minimum Gasteiger partial charge on any atom is -0.481 e. The number of nitrogens with one attached hydrogen (secondary N) is 1. The lowest BCUT2D eigenvalue weighted by atomic mass is 9.93. The van der Waals surface area contributed by atoms with Crippen LogP contribution in [0.25, 0.3) is 11.1 Å². The van der Waals surface area contributed by atoms with E-state index in [0.717, 1.165) is 16.7 Å².